The number of hydrogen-bond acceptors (Lipinski definition) is 2. The van der Waals surface area contributed by atoms with Crippen molar-refractivity contribution in [1.82, 2.24) is 0 Å². The van der Waals surface area contributed by atoms with Gasteiger partial charge in [0.25, 0.3) is 0 Å². The van der Waals surface area contributed by atoms with E-state index in [1.807, 2.05) is 6.92 Å². The topological polar surface area (TPSA) is 35.2 Å². The lowest BCUT2D eigenvalue weighted by Crippen LogP contribution is -2.17. The van der Waals surface area contributed by atoms with Crippen LogP contribution in [-0.4, -0.2) is 6.04 Å². The average molecular weight is 360 g/mol. The molecule has 0 aliphatic rings. The second-order valence-corrected chi connectivity index (χ2v) is 5.66. The van der Waals surface area contributed by atoms with Crippen molar-refractivity contribution in [2.45, 2.75) is 19.4 Å². The van der Waals surface area contributed by atoms with Gasteiger partial charge in [0.15, 0.2) is 23.1 Å². The summed E-state index contributed by atoms with van der Waals surface area (Å²) in [5, 5.41) is 0. The van der Waals surface area contributed by atoms with E-state index < -0.39 is 17.5 Å². The van der Waals surface area contributed by atoms with Crippen molar-refractivity contribution in [3.63, 3.8) is 0 Å². The summed E-state index contributed by atoms with van der Waals surface area (Å²) in [7, 11) is 0. The third-order valence-corrected chi connectivity index (χ3v) is 3.19. The van der Waals surface area contributed by atoms with E-state index in [2.05, 4.69) is 15.9 Å². The summed E-state index contributed by atoms with van der Waals surface area (Å²) in [5.41, 5.74) is 6.34. The standard InChI is InChI=1S/C15H13BrF3NO/c1-8(20)4-9-2-3-13(11(17)5-9)21-14-7-10(16)6-12(18)15(14)19/h2-3,5-8H,4,20H2,1H3. The predicted molar refractivity (Wildman–Crippen MR) is 77.9 cm³/mol. The zero-order valence-electron chi connectivity index (χ0n) is 11.2. The van der Waals surface area contributed by atoms with E-state index in [1.165, 1.54) is 18.2 Å². The molecule has 2 nitrogen and oxygen atoms in total. The van der Waals surface area contributed by atoms with Gasteiger partial charge in [-0.25, -0.2) is 8.78 Å². The minimum absolute atomic E-state index is 0.104. The molecule has 0 aromatic heterocycles. The molecule has 1 atom stereocenters. The maximum atomic E-state index is 13.9. The highest BCUT2D eigenvalue weighted by Crippen LogP contribution is 2.31. The van der Waals surface area contributed by atoms with Gasteiger partial charge in [-0.15, -0.1) is 0 Å². The third-order valence-electron chi connectivity index (χ3n) is 2.73. The van der Waals surface area contributed by atoms with Crippen LogP contribution in [0.5, 0.6) is 11.5 Å². The van der Waals surface area contributed by atoms with E-state index in [9.17, 15) is 13.2 Å². The van der Waals surface area contributed by atoms with Gasteiger partial charge in [-0.2, -0.15) is 4.39 Å². The molecule has 0 heterocycles. The smallest absolute Gasteiger partial charge is 0.201 e. The SMILES string of the molecule is CC(N)Cc1ccc(Oc2cc(Br)cc(F)c2F)c(F)c1. The molecule has 0 aliphatic heterocycles. The first kappa shape index (κ1) is 15.9. The number of hydrogen-bond donors (Lipinski definition) is 1. The molecule has 0 amide bonds. The molecule has 2 aromatic rings. The van der Waals surface area contributed by atoms with E-state index in [0.29, 0.717) is 16.5 Å². The molecule has 21 heavy (non-hydrogen) atoms. The highest BCUT2D eigenvalue weighted by Gasteiger charge is 2.14. The van der Waals surface area contributed by atoms with Gasteiger partial charge in [-0.3, -0.25) is 0 Å². The van der Waals surface area contributed by atoms with Gasteiger partial charge in [0.05, 0.1) is 0 Å². The largest absolute Gasteiger partial charge is 0.451 e. The fourth-order valence-electron chi connectivity index (χ4n) is 1.85. The van der Waals surface area contributed by atoms with Gasteiger partial charge in [0.1, 0.15) is 0 Å². The Morgan fingerprint density at radius 2 is 1.81 bits per heavy atom. The lowest BCUT2D eigenvalue weighted by molar-refractivity contribution is 0.396. The molecule has 2 N–H and O–H groups in total. The fourth-order valence-corrected chi connectivity index (χ4v) is 2.26. The van der Waals surface area contributed by atoms with Crippen molar-refractivity contribution in [2.75, 3.05) is 0 Å². The van der Waals surface area contributed by atoms with Crippen molar-refractivity contribution in [3.8, 4) is 11.5 Å². The van der Waals surface area contributed by atoms with Gasteiger partial charge < -0.3 is 10.5 Å². The van der Waals surface area contributed by atoms with E-state index >= 15 is 0 Å². The first-order valence-corrected chi connectivity index (χ1v) is 7.02. The Labute approximate surface area is 128 Å². The number of ether oxygens (including phenoxy) is 1. The lowest BCUT2D eigenvalue weighted by atomic mass is 10.1. The Hall–Kier alpha value is -1.53. The molecule has 0 radical (unpaired) electrons. The van der Waals surface area contributed by atoms with Crippen molar-refractivity contribution >= 4 is 15.9 Å². The Kier molecular flexibility index (Phi) is 4.90. The van der Waals surface area contributed by atoms with Crippen LogP contribution < -0.4 is 10.5 Å². The van der Waals surface area contributed by atoms with Crippen LogP contribution in [0.25, 0.3) is 0 Å². The second-order valence-electron chi connectivity index (χ2n) is 4.75. The number of rotatable bonds is 4. The maximum absolute atomic E-state index is 13.9. The Morgan fingerprint density at radius 3 is 2.43 bits per heavy atom. The van der Waals surface area contributed by atoms with Crippen LogP contribution in [-0.2, 0) is 6.42 Å². The molecule has 0 saturated carbocycles. The van der Waals surface area contributed by atoms with Crippen molar-refractivity contribution < 1.29 is 17.9 Å². The summed E-state index contributed by atoms with van der Waals surface area (Å²) in [5.74, 6) is -3.47. The van der Waals surface area contributed by atoms with Crippen LogP contribution >= 0.6 is 15.9 Å². The molecule has 0 fully saturated rings. The highest BCUT2D eigenvalue weighted by molar-refractivity contribution is 9.10. The van der Waals surface area contributed by atoms with Crippen LogP contribution in [0.1, 0.15) is 12.5 Å². The van der Waals surface area contributed by atoms with Crippen LogP contribution in [0.3, 0.4) is 0 Å². The minimum atomic E-state index is -1.17. The van der Waals surface area contributed by atoms with Gasteiger partial charge in [0, 0.05) is 10.5 Å². The van der Waals surface area contributed by atoms with Crippen molar-refractivity contribution in [3.05, 3.63) is 57.8 Å². The van der Waals surface area contributed by atoms with Crippen LogP contribution in [0.2, 0.25) is 0 Å². The minimum Gasteiger partial charge on any atom is -0.451 e. The number of halogens is 4. The zero-order valence-corrected chi connectivity index (χ0v) is 12.8. The number of nitrogens with two attached hydrogens (primary N) is 1. The molecule has 0 aliphatic carbocycles. The highest BCUT2D eigenvalue weighted by atomic mass is 79.9. The first-order valence-electron chi connectivity index (χ1n) is 6.23. The molecule has 6 heteroatoms. The molecule has 2 rings (SSSR count). The van der Waals surface area contributed by atoms with Crippen molar-refractivity contribution in [2.24, 2.45) is 5.73 Å². The van der Waals surface area contributed by atoms with Crippen LogP contribution in [0.4, 0.5) is 13.2 Å². The van der Waals surface area contributed by atoms with Gasteiger partial charge in [-0.05, 0) is 43.2 Å². The Balaban J connectivity index is 2.28. The number of benzene rings is 2. The average Bonchev–Trinajstić information content (AvgIpc) is 2.37. The molecular weight excluding hydrogens is 347 g/mol. The van der Waals surface area contributed by atoms with Gasteiger partial charge in [0.2, 0.25) is 5.82 Å². The molecule has 112 valence electrons. The van der Waals surface area contributed by atoms with E-state index in [4.69, 9.17) is 10.5 Å². The summed E-state index contributed by atoms with van der Waals surface area (Å²) in [6, 6.07) is 6.36. The molecular formula is C15H13BrF3NO. The third kappa shape index (κ3) is 3.98. The predicted octanol–water partition coefficient (Wildman–Crippen LogP) is 4.55. The molecule has 1 unspecified atom stereocenters. The normalized spacial score (nSPS) is 12.3. The zero-order chi connectivity index (χ0) is 15.6. The van der Waals surface area contributed by atoms with Gasteiger partial charge >= 0.3 is 0 Å². The van der Waals surface area contributed by atoms with E-state index in [1.54, 1.807) is 6.07 Å². The molecule has 0 spiro atoms. The first-order chi connectivity index (χ1) is 9.86. The Bertz CT molecular complexity index is 662. The van der Waals surface area contributed by atoms with Gasteiger partial charge in [-0.1, -0.05) is 22.0 Å². The summed E-state index contributed by atoms with van der Waals surface area (Å²) in [6.07, 6.45) is 0.511. The second kappa shape index (κ2) is 6.49. The monoisotopic (exact) mass is 359 g/mol. The summed E-state index contributed by atoms with van der Waals surface area (Å²) < 4.78 is 46.2. The van der Waals surface area contributed by atoms with Crippen molar-refractivity contribution in [1.29, 1.82) is 0 Å². The quantitative estimate of drug-likeness (QED) is 0.812. The molecule has 2 aromatic carbocycles. The van der Waals surface area contributed by atoms with Crippen LogP contribution in [0.15, 0.2) is 34.8 Å². The lowest BCUT2D eigenvalue weighted by Gasteiger charge is -2.11. The molecule has 0 bridgehead atoms. The fraction of sp³-hybridized carbons (Fsp3) is 0.200. The summed E-state index contributed by atoms with van der Waals surface area (Å²) in [6.45, 7) is 1.81. The van der Waals surface area contributed by atoms with E-state index in [0.717, 1.165) is 6.07 Å². The molecule has 0 saturated heterocycles. The van der Waals surface area contributed by atoms with Crippen LogP contribution in [0, 0.1) is 17.5 Å². The summed E-state index contributed by atoms with van der Waals surface area (Å²) >= 11 is 3.02. The maximum Gasteiger partial charge on any atom is 0.201 e. The van der Waals surface area contributed by atoms with E-state index in [-0.39, 0.29) is 17.5 Å². The summed E-state index contributed by atoms with van der Waals surface area (Å²) in [4.78, 5) is 0. The Morgan fingerprint density at radius 1 is 1.10 bits per heavy atom.